The van der Waals surface area contributed by atoms with E-state index in [9.17, 15) is 0 Å². The molecule has 0 spiro atoms. The molecule has 92 valence electrons. The third-order valence-electron chi connectivity index (χ3n) is 2.99. The van der Waals surface area contributed by atoms with Gasteiger partial charge in [0.2, 0.25) is 0 Å². The molecule has 3 heteroatoms. The standard InChI is InChI=1S/C14H21N3/c1-2-10-17(11-12-8-9-12)14(15)16-13-6-4-3-5-7-13/h3-7,12H,2,8-11H2,1H3,(H2,15,16). The van der Waals surface area contributed by atoms with E-state index < -0.39 is 0 Å². The van der Waals surface area contributed by atoms with Crippen LogP contribution in [0.3, 0.4) is 0 Å². The van der Waals surface area contributed by atoms with Gasteiger partial charge >= 0.3 is 0 Å². The summed E-state index contributed by atoms with van der Waals surface area (Å²) in [6, 6.07) is 9.92. The maximum Gasteiger partial charge on any atom is 0.196 e. The Labute approximate surface area is 103 Å². The van der Waals surface area contributed by atoms with Gasteiger partial charge in [0.05, 0.1) is 5.69 Å². The molecule has 0 radical (unpaired) electrons. The predicted molar refractivity (Wildman–Crippen MR) is 72.3 cm³/mol. The minimum Gasteiger partial charge on any atom is -0.369 e. The first kappa shape index (κ1) is 12.0. The fourth-order valence-corrected chi connectivity index (χ4v) is 1.89. The SMILES string of the molecule is CCCN(CC1CC1)C(N)=Nc1ccccc1. The second kappa shape index (κ2) is 5.71. The number of guanidine groups is 1. The molecule has 1 aliphatic rings. The van der Waals surface area contributed by atoms with E-state index in [1.54, 1.807) is 0 Å². The molecular formula is C14H21N3. The lowest BCUT2D eigenvalue weighted by Crippen LogP contribution is -2.39. The quantitative estimate of drug-likeness (QED) is 0.625. The van der Waals surface area contributed by atoms with Crippen LogP contribution in [0.25, 0.3) is 0 Å². The molecule has 2 N–H and O–H groups in total. The van der Waals surface area contributed by atoms with Crippen molar-refractivity contribution >= 4 is 11.6 Å². The summed E-state index contributed by atoms with van der Waals surface area (Å²) < 4.78 is 0. The molecule has 0 heterocycles. The molecule has 0 aromatic heterocycles. The molecule has 1 aliphatic carbocycles. The number of aliphatic imine (C=N–C) groups is 1. The number of benzene rings is 1. The van der Waals surface area contributed by atoms with Gasteiger partial charge in [-0.05, 0) is 37.3 Å². The Kier molecular flexibility index (Phi) is 4.02. The minimum absolute atomic E-state index is 0.657. The Hall–Kier alpha value is -1.51. The maximum atomic E-state index is 6.09. The summed E-state index contributed by atoms with van der Waals surface area (Å²) in [6.45, 7) is 4.24. The lowest BCUT2D eigenvalue weighted by molar-refractivity contribution is 0.395. The van der Waals surface area contributed by atoms with Gasteiger partial charge in [0.25, 0.3) is 0 Å². The Balaban J connectivity index is 2.03. The van der Waals surface area contributed by atoms with E-state index in [4.69, 9.17) is 5.73 Å². The molecule has 0 unspecified atom stereocenters. The number of hydrogen-bond acceptors (Lipinski definition) is 1. The molecule has 1 aromatic rings. The lowest BCUT2D eigenvalue weighted by Gasteiger charge is -2.22. The molecule has 0 amide bonds. The summed E-state index contributed by atoms with van der Waals surface area (Å²) in [5, 5.41) is 0. The molecule has 3 nitrogen and oxygen atoms in total. The minimum atomic E-state index is 0.657. The third-order valence-corrected chi connectivity index (χ3v) is 2.99. The first-order valence-corrected chi connectivity index (χ1v) is 6.43. The molecular weight excluding hydrogens is 210 g/mol. The number of hydrogen-bond donors (Lipinski definition) is 1. The lowest BCUT2D eigenvalue weighted by atomic mass is 10.3. The van der Waals surface area contributed by atoms with E-state index in [2.05, 4.69) is 16.8 Å². The molecule has 1 fully saturated rings. The highest BCUT2D eigenvalue weighted by atomic mass is 15.3. The van der Waals surface area contributed by atoms with Crippen molar-refractivity contribution in [2.45, 2.75) is 26.2 Å². The van der Waals surface area contributed by atoms with Crippen LogP contribution < -0.4 is 5.73 Å². The van der Waals surface area contributed by atoms with E-state index in [-0.39, 0.29) is 0 Å². The zero-order chi connectivity index (χ0) is 12.1. The average molecular weight is 231 g/mol. The summed E-state index contributed by atoms with van der Waals surface area (Å²) in [5.41, 5.74) is 7.02. The Morgan fingerprint density at radius 3 is 2.65 bits per heavy atom. The average Bonchev–Trinajstić information content (AvgIpc) is 3.14. The van der Waals surface area contributed by atoms with E-state index in [1.165, 1.54) is 12.8 Å². The van der Waals surface area contributed by atoms with Gasteiger partial charge in [0, 0.05) is 13.1 Å². The van der Waals surface area contributed by atoms with Crippen molar-refractivity contribution in [3.8, 4) is 0 Å². The Morgan fingerprint density at radius 2 is 2.06 bits per heavy atom. The fraction of sp³-hybridized carbons (Fsp3) is 0.500. The number of rotatable bonds is 5. The van der Waals surface area contributed by atoms with Crippen LogP contribution in [0.1, 0.15) is 26.2 Å². The molecule has 0 bridgehead atoms. The van der Waals surface area contributed by atoms with E-state index in [0.29, 0.717) is 5.96 Å². The molecule has 0 saturated heterocycles. The molecule has 1 saturated carbocycles. The van der Waals surface area contributed by atoms with Gasteiger partial charge in [0.1, 0.15) is 0 Å². The van der Waals surface area contributed by atoms with Crippen LogP contribution in [0.15, 0.2) is 35.3 Å². The van der Waals surface area contributed by atoms with Gasteiger partial charge in [-0.3, -0.25) is 0 Å². The van der Waals surface area contributed by atoms with Crippen LogP contribution in [0.4, 0.5) is 5.69 Å². The van der Waals surface area contributed by atoms with Gasteiger partial charge in [-0.25, -0.2) is 4.99 Å². The summed E-state index contributed by atoms with van der Waals surface area (Å²) in [5.74, 6) is 1.50. The number of nitrogens with two attached hydrogens (primary N) is 1. The second-order valence-corrected chi connectivity index (χ2v) is 4.69. The smallest absolute Gasteiger partial charge is 0.196 e. The van der Waals surface area contributed by atoms with Crippen LogP contribution in [-0.4, -0.2) is 23.9 Å². The summed E-state index contributed by atoms with van der Waals surface area (Å²) in [7, 11) is 0. The van der Waals surface area contributed by atoms with Crippen molar-refractivity contribution in [3.63, 3.8) is 0 Å². The first-order chi connectivity index (χ1) is 8.29. The van der Waals surface area contributed by atoms with Crippen molar-refractivity contribution in [2.75, 3.05) is 13.1 Å². The predicted octanol–water partition coefficient (Wildman–Crippen LogP) is 2.75. The van der Waals surface area contributed by atoms with Crippen molar-refractivity contribution in [2.24, 2.45) is 16.6 Å². The van der Waals surface area contributed by atoms with Gasteiger partial charge < -0.3 is 10.6 Å². The molecule has 0 atom stereocenters. The second-order valence-electron chi connectivity index (χ2n) is 4.69. The van der Waals surface area contributed by atoms with Crippen LogP contribution in [0, 0.1) is 5.92 Å². The Morgan fingerprint density at radius 1 is 1.35 bits per heavy atom. The number of para-hydroxylation sites is 1. The van der Waals surface area contributed by atoms with Gasteiger partial charge in [-0.15, -0.1) is 0 Å². The van der Waals surface area contributed by atoms with Crippen LogP contribution in [0.2, 0.25) is 0 Å². The summed E-state index contributed by atoms with van der Waals surface area (Å²) in [4.78, 5) is 6.69. The van der Waals surface area contributed by atoms with Crippen LogP contribution in [-0.2, 0) is 0 Å². The molecule has 17 heavy (non-hydrogen) atoms. The van der Waals surface area contributed by atoms with Gasteiger partial charge in [-0.2, -0.15) is 0 Å². The fourth-order valence-electron chi connectivity index (χ4n) is 1.89. The monoisotopic (exact) mass is 231 g/mol. The zero-order valence-corrected chi connectivity index (χ0v) is 10.5. The van der Waals surface area contributed by atoms with E-state index >= 15 is 0 Å². The molecule has 0 aliphatic heterocycles. The van der Waals surface area contributed by atoms with Crippen molar-refractivity contribution in [1.29, 1.82) is 0 Å². The topological polar surface area (TPSA) is 41.6 Å². The molecule has 2 rings (SSSR count). The van der Waals surface area contributed by atoms with E-state index in [1.807, 2.05) is 30.3 Å². The van der Waals surface area contributed by atoms with Crippen molar-refractivity contribution < 1.29 is 0 Å². The highest BCUT2D eigenvalue weighted by molar-refractivity contribution is 5.81. The zero-order valence-electron chi connectivity index (χ0n) is 10.5. The van der Waals surface area contributed by atoms with Crippen LogP contribution in [0.5, 0.6) is 0 Å². The first-order valence-electron chi connectivity index (χ1n) is 6.43. The maximum absolute atomic E-state index is 6.09. The third kappa shape index (κ3) is 3.77. The van der Waals surface area contributed by atoms with Gasteiger partial charge in [-0.1, -0.05) is 25.1 Å². The molecule has 1 aromatic carbocycles. The van der Waals surface area contributed by atoms with Gasteiger partial charge in [0.15, 0.2) is 5.96 Å². The normalized spacial score (nSPS) is 15.9. The van der Waals surface area contributed by atoms with Crippen molar-refractivity contribution in [3.05, 3.63) is 30.3 Å². The van der Waals surface area contributed by atoms with Crippen LogP contribution >= 0.6 is 0 Å². The van der Waals surface area contributed by atoms with Crippen molar-refractivity contribution in [1.82, 2.24) is 4.90 Å². The number of nitrogens with zero attached hydrogens (tertiary/aromatic N) is 2. The highest BCUT2D eigenvalue weighted by Gasteiger charge is 2.24. The summed E-state index contributed by atoms with van der Waals surface area (Å²) in [6.07, 6.45) is 3.80. The largest absolute Gasteiger partial charge is 0.369 e. The Bertz CT molecular complexity index is 368. The highest BCUT2D eigenvalue weighted by Crippen LogP contribution is 2.29. The summed E-state index contributed by atoms with van der Waals surface area (Å²) >= 11 is 0. The van der Waals surface area contributed by atoms with E-state index in [0.717, 1.165) is 31.1 Å².